The minimum atomic E-state index is -0.330. The molecule has 0 spiro atoms. The summed E-state index contributed by atoms with van der Waals surface area (Å²) in [5.41, 5.74) is 0.699. The van der Waals surface area contributed by atoms with Crippen LogP contribution in [0.4, 0.5) is 10.1 Å². The molecule has 2 heterocycles. The van der Waals surface area contributed by atoms with Crippen LogP contribution in [0.5, 0.6) is 0 Å². The average Bonchev–Trinajstić information content (AvgIpc) is 2.68. The van der Waals surface area contributed by atoms with Crippen molar-refractivity contribution in [3.63, 3.8) is 0 Å². The van der Waals surface area contributed by atoms with Crippen LogP contribution in [-0.2, 0) is 0 Å². The van der Waals surface area contributed by atoms with E-state index < -0.39 is 0 Å². The number of rotatable bonds is 2. The van der Waals surface area contributed by atoms with E-state index >= 15 is 0 Å². The maximum Gasteiger partial charge on any atom is 0.289 e. The summed E-state index contributed by atoms with van der Waals surface area (Å²) in [5.74, 6) is -0.554. The fraction of sp³-hybridized carbons (Fsp3) is 0.211. The SMILES string of the molecule is O=C(c1nc2ccccc2c(=O)[nH]1)N1CCN(c2ccccc2F)CC1. The van der Waals surface area contributed by atoms with Crippen LogP contribution in [0, 0.1) is 5.82 Å². The van der Waals surface area contributed by atoms with E-state index in [-0.39, 0.29) is 23.1 Å². The number of halogens is 1. The number of hydrogen-bond acceptors (Lipinski definition) is 4. The van der Waals surface area contributed by atoms with Gasteiger partial charge in [0, 0.05) is 26.2 Å². The quantitative estimate of drug-likeness (QED) is 0.766. The highest BCUT2D eigenvalue weighted by molar-refractivity contribution is 5.92. The number of H-pyrrole nitrogens is 1. The summed E-state index contributed by atoms with van der Waals surface area (Å²) in [7, 11) is 0. The Morgan fingerprint density at radius 1 is 1.00 bits per heavy atom. The number of fused-ring (bicyclic) bond motifs is 1. The van der Waals surface area contributed by atoms with E-state index in [9.17, 15) is 14.0 Å². The van der Waals surface area contributed by atoms with Crippen LogP contribution < -0.4 is 10.5 Å². The molecule has 7 heteroatoms. The lowest BCUT2D eigenvalue weighted by Gasteiger charge is -2.35. The minimum Gasteiger partial charge on any atom is -0.366 e. The zero-order valence-corrected chi connectivity index (χ0v) is 14.0. The van der Waals surface area contributed by atoms with E-state index in [2.05, 4.69) is 9.97 Å². The van der Waals surface area contributed by atoms with Gasteiger partial charge in [-0.3, -0.25) is 9.59 Å². The van der Waals surface area contributed by atoms with Crippen molar-refractivity contribution in [2.24, 2.45) is 0 Å². The molecule has 1 aliphatic heterocycles. The Balaban J connectivity index is 1.52. The number of para-hydroxylation sites is 2. The van der Waals surface area contributed by atoms with E-state index in [0.29, 0.717) is 42.8 Å². The fourth-order valence-electron chi connectivity index (χ4n) is 3.20. The van der Waals surface area contributed by atoms with Crippen molar-refractivity contribution in [2.75, 3.05) is 31.1 Å². The second-order valence-corrected chi connectivity index (χ2v) is 6.16. The fourth-order valence-corrected chi connectivity index (χ4v) is 3.20. The molecule has 0 bridgehead atoms. The molecule has 2 aromatic carbocycles. The van der Waals surface area contributed by atoms with Gasteiger partial charge in [-0.25, -0.2) is 9.37 Å². The van der Waals surface area contributed by atoms with Gasteiger partial charge in [-0.1, -0.05) is 24.3 Å². The molecule has 1 amide bonds. The number of benzene rings is 2. The number of carbonyl (C=O) groups excluding carboxylic acids is 1. The second-order valence-electron chi connectivity index (χ2n) is 6.16. The van der Waals surface area contributed by atoms with Gasteiger partial charge in [0.15, 0.2) is 5.82 Å². The monoisotopic (exact) mass is 352 g/mol. The molecule has 4 rings (SSSR count). The number of anilines is 1. The normalized spacial score (nSPS) is 14.7. The van der Waals surface area contributed by atoms with Crippen molar-refractivity contribution in [3.05, 3.63) is 70.5 Å². The molecule has 0 unspecified atom stereocenters. The maximum absolute atomic E-state index is 13.9. The standard InChI is InChI=1S/C19H17FN4O2/c20-14-6-2-4-8-16(14)23-9-11-24(12-10-23)19(26)17-21-15-7-3-1-5-13(15)18(25)22-17/h1-8H,9-12H2,(H,21,22,25). The van der Waals surface area contributed by atoms with E-state index in [1.165, 1.54) is 6.07 Å². The van der Waals surface area contributed by atoms with Gasteiger partial charge < -0.3 is 14.8 Å². The molecule has 132 valence electrons. The molecule has 1 fully saturated rings. The van der Waals surface area contributed by atoms with E-state index in [0.717, 1.165) is 0 Å². The Labute approximate surface area is 148 Å². The Kier molecular flexibility index (Phi) is 4.12. The molecule has 0 aliphatic carbocycles. The number of carbonyl (C=O) groups is 1. The van der Waals surface area contributed by atoms with Gasteiger partial charge in [0.25, 0.3) is 11.5 Å². The van der Waals surface area contributed by atoms with E-state index in [1.807, 2.05) is 4.90 Å². The first-order valence-electron chi connectivity index (χ1n) is 8.41. The van der Waals surface area contributed by atoms with Crippen molar-refractivity contribution in [1.29, 1.82) is 0 Å². The van der Waals surface area contributed by atoms with Crippen LogP contribution in [0.15, 0.2) is 53.3 Å². The summed E-state index contributed by atoms with van der Waals surface area (Å²) in [4.78, 5) is 35.2. The third-order valence-electron chi connectivity index (χ3n) is 4.58. The number of piperazine rings is 1. The predicted octanol–water partition coefficient (Wildman–Crippen LogP) is 2.02. The highest BCUT2D eigenvalue weighted by atomic mass is 19.1. The number of amides is 1. The van der Waals surface area contributed by atoms with Gasteiger partial charge in [0.1, 0.15) is 5.82 Å². The van der Waals surface area contributed by atoms with Crippen LogP contribution in [0.3, 0.4) is 0 Å². The first kappa shape index (κ1) is 16.3. The third kappa shape index (κ3) is 2.92. The lowest BCUT2D eigenvalue weighted by Crippen LogP contribution is -2.49. The first-order chi connectivity index (χ1) is 12.6. The van der Waals surface area contributed by atoms with Gasteiger partial charge in [-0.05, 0) is 24.3 Å². The molecule has 0 radical (unpaired) electrons. The number of hydrogen-bond donors (Lipinski definition) is 1. The van der Waals surface area contributed by atoms with Crippen LogP contribution in [0.2, 0.25) is 0 Å². The van der Waals surface area contributed by atoms with Crippen molar-refractivity contribution in [3.8, 4) is 0 Å². The number of aromatic nitrogens is 2. The van der Waals surface area contributed by atoms with Gasteiger partial charge >= 0.3 is 0 Å². The predicted molar refractivity (Wildman–Crippen MR) is 96.9 cm³/mol. The molecule has 1 aliphatic rings. The van der Waals surface area contributed by atoms with E-state index in [4.69, 9.17) is 0 Å². The van der Waals surface area contributed by atoms with Crippen LogP contribution >= 0.6 is 0 Å². The molecular formula is C19H17FN4O2. The lowest BCUT2D eigenvalue weighted by molar-refractivity contribution is 0.0734. The summed E-state index contributed by atoms with van der Waals surface area (Å²) in [6.07, 6.45) is 0. The largest absolute Gasteiger partial charge is 0.366 e. The van der Waals surface area contributed by atoms with Gasteiger partial charge in [0.05, 0.1) is 16.6 Å². The van der Waals surface area contributed by atoms with Crippen molar-refractivity contribution >= 4 is 22.5 Å². The molecule has 1 saturated heterocycles. The number of aromatic amines is 1. The van der Waals surface area contributed by atoms with Crippen molar-refractivity contribution < 1.29 is 9.18 Å². The molecule has 0 saturated carbocycles. The Morgan fingerprint density at radius 2 is 1.69 bits per heavy atom. The first-order valence-corrected chi connectivity index (χ1v) is 8.41. The smallest absolute Gasteiger partial charge is 0.289 e. The van der Waals surface area contributed by atoms with Gasteiger partial charge in [-0.2, -0.15) is 0 Å². The Bertz CT molecular complexity index is 1030. The highest BCUT2D eigenvalue weighted by Crippen LogP contribution is 2.20. The summed E-state index contributed by atoms with van der Waals surface area (Å²) in [6, 6.07) is 13.5. The Morgan fingerprint density at radius 3 is 2.46 bits per heavy atom. The third-order valence-corrected chi connectivity index (χ3v) is 4.58. The van der Waals surface area contributed by atoms with Crippen molar-refractivity contribution in [1.82, 2.24) is 14.9 Å². The molecule has 3 aromatic rings. The topological polar surface area (TPSA) is 69.3 Å². The molecule has 0 atom stereocenters. The maximum atomic E-state index is 13.9. The number of nitrogens with zero attached hydrogens (tertiary/aromatic N) is 3. The number of nitrogens with one attached hydrogen (secondary N) is 1. The summed E-state index contributed by atoms with van der Waals surface area (Å²) >= 11 is 0. The highest BCUT2D eigenvalue weighted by Gasteiger charge is 2.25. The van der Waals surface area contributed by atoms with Crippen LogP contribution in [0.1, 0.15) is 10.6 Å². The molecule has 1 N–H and O–H groups in total. The molecular weight excluding hydrogens is 335 g/mol. The van der Waals surface area contributed by atoms with Gasteiger partial charge in [-0.15, -0.1) is 0 Å². The summed E-state index contributed by atoms with van der Waals surface area (Å²) < 4.78 is 13.9. The van der Waals surface area contributed by atoms with Crippen LogP contribution in [-0.4, -0.2) is 47.0 Å². The Hall–Kier alpha value is -3.22. The van der Waals surface area contributed by atoms with Crippen LogP contribution in [0.25, 0.3) is 10.9 Å². The average molecular weight is 352 g/mol. The zero-order chi connectivity index (χ0) is 18.1. The summed E-state index contributed by atoms with van der Waals surface area (Å²) in [6.45, 7) is 1.91. The lowest BCUT2D eigenvalue weighted by atomic mass is 10.2. The minimum absolute atomic E-state index is 0.0352. The molecule has 1 aromatic heterocycles. The van der Waals surface area contributed by atoms with E-state index in [1.54, 1.807) is 47.4 Å². The molecule has 26 heavy (non-hydrogen) atoms. The van der Waals surface area contributed by atoms with Gasteiger partial charge in [0.2, 0.25) is 0 Å². The summed E-state index contributed by atoms with van der Waals surface area (Å²) in [5, 5.41) is 0.452. The molecule has 6 nitrogen and oxygen atoms in total. The zero-order valence-electron chi connectivity index (χ0n) is 14.0. The second kappa shape index (κ2) is 6.59. The van der Waals surface area contributed by atoms with Crippen molar-refractivity contribution in [2.45, 2.75) is 0 Å².